The maximum Gasteiger partial charge on any atom is 0.242 e. The Bertz CT molecular complexity index is 692. The van der Waals surface area contributed by atoms with Gasteiger partial charge in [-0.15, -0.1) is 0 Å². The molecule has 7 heteroatoms. The Morgan fingerprint density at radius 2 is 2.15 bits per heavy atom. The highest BCUT2D eigenvalue weighted by molar-refractivity contribution is 7.89. The second-order valence-electron chi connectivity index (χ2n) is 4.78. The Morgan fingerprint density at radius 3 is 2.85 bits per heavy atom. The maximum atomic E-state index is 12.2. The molecule has 4 N–H and O–H groups in total. The fourth-order valence-corrected chi connectivity index (χ4v) is 3.06. The van der Waals surface area contributed by atoms with E-state index in [9.17, 15) is 8.42 Å². The van der Waals surface area contributed by atoms with Crippen LogP contribution in [0.4, 0.5) is 5.69 Å². The molecule has 1 heterocycles. The first-order valence-electron chi connectivity index (χ1n) is 6.38. The van der Waals surface area contributed by atoms with Crippen LogP contribution in [-0.2, 0) is 14.8 Å². The third kappa shape index (κ3) is 3.30. The number of nitrogen functional groups attached to an aromatic ring is 1. The molecule has 6 nitrogen and oxygen atoms in total. The van der Waals surface area contributed by atoms with Gasteiger partial charge in [-0.05, 0) is 32.0 Å². The monoisotopic (exact) mass is 297 g/mol. The quantitative estimate of drug-likeness (QED) is 0.555. The molecule has 2 rings (SSSR count). The molecule has 0 bridgehead atoms. The standard InChI is InChI=1S/C13H19N3O3S/c1-9(2)19-6-5-16-20(17,18)13-8-15-12-4-3-10(14)7-11(12)13/h3-4,7-9,15-16H,5-6,14H2,1-2H3. The molecule has 0 radical (unpaired) electrons. The van der Waals surface area contributed by atoms with Gasteiger partial charge in [0.2, 0.25) is 10.0 Å². The Balaban J connectivity index is 2.17. The first-order chi connectivity index (χ1) is 9.40. The van der Waals surface area contributed by atoms with Gasteiger partial charge < -0.3 is 15.5 Å². The normalized spacial score (nSPS) is 12.3. The molecule has 0 saturated carbocycles. The predicted molar refractivity (Wildman–Crippen MR) is 79.0 cm³/mol. The summed E-state index contributed by atoms with van der Waals surface area (Å²) in [6, 6.07) is 5.12. The summed E-state index contributed by atoms with van der Waals surface area (Å²) in [6.45, 7) is 4.37. The van der Waals surface area contributed by atoms with Crippen LogP contribution in [0.15, 0.2) is 29.3 Å². The zero-order chi connectivity index (χ0) is 14.8. The number of aromatic amines is 1. The first kappa shape index (κ1) is 14.8. The van der Waals surface area contributed by atoms with Crippen LogP contribution in [-0.4, -0.2) is 32.7 Å². The molecular formula is C13H19N3O3S. The lowest BCUT2D eigenvalue weighted by atomic mass is 10.2. The van der Waals surface area contributed by atoms with Gasteiger partial charge in [0.1, 0.15) is 4.90 Å². The van der Waals surface area contributed by atoms with E-state index < -0.39 is 10.0 Å². The van der Waals surface area contributed by atoms with Crippen molar-refractivity contribution in [3.63, 3.8) is 0 Å². The highest BCUT2D eigenvalue weighted by Gasteiger charge is 2.18. The average molecular weight is 297 g/mol. The summed E-state index contributed by atoms with van der Waals surface area (Å²) in [7, 11) is -3.58. The van der Waals surface area contributed by atoms with E-state index in [0.717, 1.165) is 5.52 Å². The fourth-order valence-electron chi connectivity index (χ4n) is 1.88. The summed E-state index contributed by atoms with van der Waals surface area (Å²) in [5.41, 5.74) is 6.96. The van der Waals surface area contributed by atoms with Gasteiger partial charge in [0.25, 0.3) is 0 Å². The number of hydrogen-bond acceptors (Lipinski definition) is 4. The van der Waals surface area contributed by atoms with Crippen LogP contribution in [0.5, 0.6) is 0 Å². The van der Waals surface area contributed by atoms with Crippen LogP contribution in [0.2, 0.25) is 0 Å². The van der Waals surface area contributed by atoms with E-state index in [2.05, 4.69) is 9.71 Å². The number of aromatic nitrogens is 1. The van der Waals surface area contributed by atoms with E-state index in [4.69, 9.17) is 10.5 Å². The minimum absolute atomic E-state index is 0.0763. The number of rotatable bonds is 6. The van der Waals surface area contributed by atoms with Crippen molar-refractivity contribution in [2.45, 2.75) is 24.8 Å². The third-order valence-electron chi connectivity index (χ3n) is 2.80. The number of nitrogens with one attached hydrogen (secondary N) is 2. The van der Waals surface area contributed by atoms with Crippen LogP contribution in [0.25, 0.3) is 10.9 Å². The summed E-state index contributed by atoms with van der Waals surface area (Å²) < 4.78 is 32.3. The van der Waals surface area contributed by atoms with Crippen molar-refractivity contribution in [1.29, 1.82) is 0 Å². The lowest BCUT2D eigenvalue weighted by Crippen LogP contribution is -2.28. The fraction of sp³-hybridized carbons (Fsp3) is 0.385. The molecule has 20 heavy (non-hydrogen) atoms. The van der Waals surface area contributed by atoms with Gasteiger partial charge in [-0.3, -0.25) is 0 Å². The van der Waals surface area contributed by atoms with Crippen LogP contribution < -0.4 is 10.5 Å². The molecule has 0 spiro atoms. The highest BCUT2D eigenvalue weighted by atomic mass is 32.2. The van der Waals surface area contributed by atoms with Gasteiger partial charge in [-0.2, -0.15) is 0 Å². The zero-order valence-corrected chi connectivity index (χ0v) is 12.3. The first-order valence-corrected chi connectivity index (χ1v) is 7.86. The van der Waals surface area contributed by atoms with E-state index >= 15 is 0 Å². The maximum absolute atomic E-state index is 12.2. The Kier molecular flexibility index (Phi) is 4.32. The molecular weight excluding hydrogens is 278 g/mol. The van der Waals surface area contributed by atoms with Gasteiger partial charge in [0.05, 0.1) is 12.7 Å². The molecule has 0 saturated heterocycles. The molecule has 1 aromatic heterocycles. The van der Waals surface area contributed by atoms with Gasteiger partial charge in [-0.1, -0.05) is 0 Å². The molecule has 0 fully saturated rings. The van der Waals surface area contributed by atoms with Crippen molar-refractivity contribution < 1.29 is 13.2 Å². The summed E-state index contributed by atoms with van der Waals surface area (Å²) in [6.07, 6.45) is 1.54. The number of H-pyrrole nitrogens is 1. The number of anilines is 1. The molecule has 2 aromatic rings. The highest BCUT2D eigenvalue weighted by Crippen LogP contribution is 2.24. The second kappa shape index (κ2) is 5.82. The van der Waals surface area contributed by atoms with Crippen LogP contribution >= 0.6 is 0 Å². The van der Waals surface area contributed by atoms with E-state index in [1.165, 1.54) is 6.20 Å². The van der Waals surface area contributed by atoms with Crippen LogP contribution in [0.3, 0.4) is 0 Å². The molecule has 0 aliphatic rings. The van der Waals surface area contributed by atoms with E-state index in [0.29, 0.717) is 17.7 Å². The predicted octanol–water partition coefficient (Wildman–Crippen LogP) is 1.45. The smallest absolute Gasteiger partial charge is 0.242 e. The van der Waals surface area contributed by atoms with Crippen molar-refractivity contribution in [2.24, 2.45) is 0 Å². The van der Waals surface area contributed by atoms with Crippen LogP contribution in [0, 0.1) is 0 Å². The van der Waals surface area contributed by atoms with Crippen LogP contribution in [0.1, 0.15) is 13.8 Å². The Morgan fingerprint density at radius 1 is 1.40 bits per heavy atom. The topological polar surface area (TPSA) is 97.2 Å². The van der Waals surface area contributed by atoms with Gasteiger partial charge in [0, 0.05) is 29.3 Å². The second-order valence-corrected chi connectivity index (χ2v) is 6.51. The summed E-state index contributed by atoms with van der Waals surface area (Å²) in [5.74, 6) is 0. The minimum Gasteiger partial charge on any atom is -0.399 e. The van der Waals surface area contributed by atoms with E-state index in [-0.39, 0.29) is 17.5 Å². The summed E-state index contributed by atoms with van der Waals surface area (Å²) in [4.78, 5) is 3.12. The average Bonchev–Trinajstić information content (AvgIpc) is 2.78. The van der Waals surface area contributed by atoms with Crippen molar-refractivity contribution in [3.8, 4) is 0 Å². The number of benzene rings is 1. The molecule has 0 aliphatic heterocycles. The van der Waals surface area contributed by atoms with Gasteiger partial charge >= 0.3 is 0 Å². The summed E-state index contributed by atoms with van der Waals surface area (Å²) >= 11 is 0. The Hall–Kier alpha value is -1.57. The van der Waals surface area contributed by atoms with Crippen molar-refractivity contribution in [1.82, 2.24) is 9.71 Å². The SMILES string of the molecule is CC(C)OCCNS(=O)(=O)c1c[nH]c2ccc(N)cc12. The number of sulfonamides is 1. The van der Waals surface area contributed by atoms with Gasteiger partial charge in [0.15, 0.2) is 0 Å². The molecule has 0 atom stereocenters. The van der Waals surface area contributed by atoms with Crippen molar-refractivity contribution >= 4 is 26.6 Å². The number of fused-ring (bicyclic) bond motifs is 1. The summed E-state index contributed by atoms with van der Waals surface area (Å²) in [5, 5.41) is 0.585. The van der Waals surface area contributed by atoms with Crippen molar-refractivity contribution in [2.75, 3.05) is 18.9 Å². The molecule has 1 aromatic carbocycles. The van der Waals surface area contributed by atoms with Crippen molar-refractivity contribution in [3.05, 3.63) is 24.4 Å². The minimum atomic E-state index is -3.58. The molecule has 0 amide bonds. The van der Waals surface area contributed by atoms with E-state index in [1.807, 2.05) is 13.8 Å². The Labute approximate surface area is 118 Å². The lowest BCUT2D eigenvalue weighted by Gasteiger charge is -2.09. The number of ether oxygens (including phenoxy) is 1. The number of nitrogens with two attached hydrogens (primary N) is 1. The molecule has 110 valence electrons. The molecule has 0 unspecified atom stereocenters. The zero-order valence-electron chi connectivity index (χ0n) is 11.5. The largest absolute Gasteiger partial charge is 0.399 e. The molecule has 0 aliphatic carbocycles. The lowest BCUT2D eigenvalue weighted by molar-refractivity contribution is 0.0834. The number of hydrogen-bond donors (Lipinski definition) is 3. The third-order valence-corrected chi connectivity index (χ3v) is 4.30. The van der Waals surface area contributed by atoms with Gasteiger partial charge in [-0.25, -0.2) is 13.1 Å². The van der Waals surface area contributed by atoms with E-state index in [1.54, 1.807) is 18.2 Å².